The molecule has 2 aromatic carbocycles. The number of carbonyl (C=O) groups excluding carboxylic acids is 2. The maximum atomic E-state index is 12.8. The molecular weight excluding hydrogens is 428 g/mol. The highest BCUT2D eigenvalue weighted by Gasteiger charge is 2.26. The number of nitrogens with one attached hydrogen (secondary N) is 2. The second-order valence-electron chi connectivity index (χ2n) is 8.82. The maximum Gasteiger partial charge on any atom is 0.342 e. The van der Waals surface area contributed by atoms with E-state index < -0.39 is 0 Å². The number of aromatic nitrogens is 2. The Morgan fingerprint density at radius 3 is 2.47 bits per heavy atom. The topological polar surface area (TPSA) is 96.3 Å². The fraction of sp³-hybridized carbons (Fsp3) is 0.370. The summed E-state index contributed by atoms with van der Waals surface area (Å²) < 4.78 is 1.45. The van der Waals surface area contributed by atoms with Crippen molar-refractivity contribution in [1.29, 1.82) is 0 Å². The molecule has 1 aromatic heterocycles. The van der Waals surface area contributed by atoms with Gasteiger partial charge in [0.15, 0.2) is 0 Å². The molecule has 1 aliphatic carbocycles. The van der Waals surface area contributed by atoms with Crippen molar-refractivity contribution >= 4 is 17.6 Å². The zero-order valence-electron chi connectivity index (χ0n) is 19.8. The predicted molar refractivity (Wildman–Crippen MR) is 133 cm³/mol. The molecular formula is C27H32N4O3. The first-order valence-corrected chi connectivity index (χ1v) is 12.1. The van der Waals surface area contributed by atoms with E-state index in [4.69, 9.17) is 0 Å². The third-order valence-corrected chi connectivity index (χ3v) is 6.38. The van der Waals surface area contributed by atoms with Gasteiger partial charge in [-0.2, -0.15) is 9.78 Å². The molecule has 7 nitrogen and oxygen atoms in total. The van der Waals surface area contributed by atoms with Crippen LogP contribution in [0.25, 0.3) is 11.3 Å². The number of amides is 2. The van der Waals surface area contributed by atoms with Gasteiger partial charge in [-0.05, 0) is 67.6 Å². The number of anilines is 1. The van der Waals surface area contributed by atoms with E-state index in [0.717, 1.165) is 44.2 Å². The van der Waals surface area contributed by atoms with Crippen LogP contribution in [-0.2, 0) is 6.42 Å². The summed E-state index contributed by atoms with van der Waals surface area (Å²) in [7, 11) is 0. The minimum Gasteiger partial charge on any atom is -0.507 e. The summed E-state index contributed by atoms with van der Waals surface area (Å²) in [6.45, 7) is 4.65. The van der Waals surface area contributed by atoms with Crippen LogP contribution in [-0.4, -0.2) is 33.4 Å². The van der Waals surface area contributed by atoms with Gasteiger partial charge < -0.3 is 15.7 Å². The second-order valence-corrected chi connectivity index (χ2v) is 8.82. The van der Waals surface area contributed by atoms with Gasteiger partial charge in [-0.3, -0.25) is 4.79 Å². The fourth-order valence-corrected chi connectivity index (χ4v) is 4.42. The third-order valence-electron chi connectivity index (χ3n) is 6.38. The molecule has 0 radical (unpaired) electrons. The van der Waals surface area contributed by atoms with E-state index in [1.165, 1.54) is 16.3 Å². The standard InChI is InChI=1S/C27H32N4O3/c1-3-15-28-27(34)31-24(19-7-5-6-8-19)17-23(30-31)22-16-21(13-14-25(22)32)29-26(33)20-11-9-18(4-2)10-12-20/h9-14,16-17,19,32H,3-8,15H2,1-2H3,(H,28,34)(H,29,33). The summed E-state index contributed by atoms with van der Waals surface area (Å²) in [6, 6.07) is 14.0. The molecule has 3 N–H and O–H groups in total. The van der Waals surface area contributed by atoms with E-state index in [2.05, 4.69) is 22.7 Å². The number of carbonyl (C=O) groups is 2. The van der Waals surface area contributed by atoms with Crippen LogP contribution in [0.3, 0.4) is 0 Å². The van der Waals surface area contributed by atoms with E-state index in [0.29, 0.717) is 29.1 Å². The van der Waals surface area contributed by atoms with Gasteiger partial charge in [-0.15, -0.1) is 0 Å². The van der Waals surface area contributed by atoms with Crippen LogP contribution in [0.4, 0.5) is 10.5 Å². The van der Waals surface area contributed by atoms with Crippen molar-refractivity contribution < 1.29 is 14.7 Å². The Kier molecular flexibility index (Phi) is 7.30. The molecule has 0 aliphatic heterocycles. The monoisotopic (exact) mass is 460 g/mol. The zero-order valence-corrected chi connectivity index (χ0v) is 19.8. The molecule has 2 amide bonds. The van der Waals surface area contributed by atoms with Crippen LogP contribution in [0.1, 0.15) is 73.5 Å². The van der Waals surface area contributed by atoms with Crippen LogP contribution < -0.4 is 10.6 Å². The Bertz CT molecular complexity index is 1160. The molecule has 1 fully saturated rings. The minimum absolute atomic E-state index is 0.0434. The smallest absolute Gasteiger partial charge is 0.342 e. The number of aryl methyl sites for hydroxylation is 1. The molecule has 7 heteroatoms. The predicted octanol–water partition coefficient (Wildman–Crippen LogP) is 5.70. The van der Waals surface area contributed by atoms with Crippen molar-refractivity contribution in [3.05, 3.63) is 65.4 Å². The van der Waals surface area contributed by atoms with E-state index >= 15 is 0 Å². The molecule has 0 saturated heterocycles. The van der Waals surface area contributed by atoms with E-state index in [1.54, 1.807) is 24.3 Å². The normalized spacial score (nSPS) is 13.7. The number of phenolic OH excluding ortho intramolecular Hbond substituents is 1. The molecule has 1 saturated carbocycles. The maximum absolute atomic E-state index is 12.8. The fourth-order valence-electron chi connectivity index (χ4n) is 4.42. The lowest BCUT2D eigenvalue weighted by Gasteiger charge is -2.11. The van der Waals surface area contributed by atoms with Gasteiger partial charge in [0.25, 0.3) is 5.91 Å². The largest absolute Gasteiger partial charge is 0.507 e. The first-order chi connectivity index (χ1) is 16.5. The third kappa shape index (κ3) is 5.14. The van der Waals surface area contributed by atoms with Crippen molar-refractivity contribution in [3.63, 3.8) is 0 Å². The van der Waals surface area contributed by atoms with Gasteiger partial charge in [0, 0.05) is 29.3 Å². The quantitative estimate of drug-likeness (QED) is 0.394. The zero-order chi connectivity index (χ0) is 24.1. The minimum atomic E-state index is -0.255. The Morgan fingerprint density at radius 2 is 1.79 bits per heavy atom. The molecule has 34 heavy (non-hydrogen) atoms. The summed E-state index contributed by atoms with van der Waals surface area (Å²) in [5.74, 6) is 0.0852. The van der Waals surface area contributed by atoms with Crippen molar-refractivity contribution in [2.75, 3.05) is 11.9 Å². The number of hydrogen-bond donors (Lipinski definition) is 3. The van der Waals surface area contributed by atoms with E-state index in [-0.39, 0.29) is 23.6 Å². The van der Waals surface area contributed by atoms with Crippen molar-refractivity contribution in [1.82, 2.24) is 15.1 Å². The van der Waals surface area contributed by atoms with E-state index in [9.17, 15) is 14.7 Å². The number of aromatic hydroxyl groups is 1. The van der Waals surface area contributed by atoms with Crippen LogP contribution >= 0.6 is 0 Å². The molecule has 3 aromatic rings. The molecule has 1 heterocycles. The molecule has 0 atom stereocenters. The van der Waals surface area contributed by atoms with Crippen LogP contribution in [0.5, 0.6) is 5.75 Å². The highest BCUT2D eigenvalue weighted by atomic mass is 16.3. The average molecular weight is 461 g/mol. The van der Waals surface area contributed by atoms with Gasteiger partial charge in [-0.25, -0.2) is 4.79 Å². The first kappa shape index (κ1) is 23.5. The Morgan fingerprint density at radius 1 is 1.06 bits per heavy atom. The lowest BCUT2D eigenvalue weighted by atomic mass is 10.0. The lowest BCUT2D eigenvalue weighted by Crippen LogP contribution is -2.31. The van der Waals surface area contributed by atoms with Crippen LogP contribution in [0.15, 0.2) is 48.5 Å². The molecule has 178 valence electrons. The number of hydrogen-bond acceptors (Lipinski definition) is 4. The summed E-state index contributed by atoms with van der Waals surface area (Å²) in [4.78, 5) is 25.5. The lowest BCUT2D eigenvalue weighted by molar-refractivity contribution is 0.102. The van der Waals surface area contributed by atoms with Gasteiger partial charge >= 0.3 is 6.03 Å². The Hall–Kier alpha value is -3.61. The number of rotatable bonds is 7. The van der Waals surface area contributed by atoms with Gasteiger partial charge in [-0.1, -0.05) is 38.8 Å². The molecule has 0 bridgehead atoms. The summed E-state index contributed by atoms with van der Waals surface area (Å²) in [5.41, 5.74) is 4.12. The Labute approximate surface area is 200 Å². The molecule has 4 rings (SSSR count). The van der Waals surface area contributed by atoms with Crippen LogP contribution in [0, 0.1) is 0 Å². The van der Waals surface area contributed by atoms with Gasteiger partial charge in [0.2, 0.25) is 0 Å². The average Bonchev–Trinajstić information content (AvgIpc) is 3.54. The molecule has 1 aliphatic rings. The van der Waals surface area contributed by atoms with Gasteiger partial charge in [0.05, 0.1) is 11.4 Å². The first-order valence-electron chi connectivity index (χ1n) is 12.1. The van der Waals surface area contributed by atoms with Crippen LogP contribution in [0.2, 0.25) is 0 Å². The van der Waals surface area contributed by atoms with E-state index in [1.807, 2.05) is 25.1 Å². The van der Waals surface area contributed by atoms with Gasteiger partial charge in [0.1, 0.15) is 5.75 Å². The highest BCUT2D eigenvalue weighted by Crippen LogP contribution is 2.38. The number of benzene rings is 2. The Balaban J connectivity index is 1.62. The summed E-state index contributed by atoms with van der Waals surface area (Å²) in [6.07, 6.45) is 6.05. The second kappa shape index (κ2) is 10.5. The highest BCUT2D eigenvalue weighted by molar-refractivity contribution is 6.04. The summed E-state index contributed by atoms with van der Waals surface area (Å²) in [5, 5.41) is 20.9. The van der Waals surface area contributed by atoms with Crippen molar-refractivity contribution in [2.24, 2.45) is 0 Å². The molecule has 0 unspecified atom stereocenters. The van der Waals surface area contributed by atoms with Crippen molar-refractivity contribution in [2.45, 2.75) is 58.3 Å². The SMILES string of the molecule is CCCNC(=O)n1nc(-c2cc(NC(=O)c3ccc(CC)cc3)ccc2O)cc1C1CCCC1. The molecule has 0 spiro atoms. The number of nitrogens with zero attached hydrogens (tertiary/aromatic N) is 2. The summed E-state index contributed by atoms with van der Waals surface area (Å²) >= 11 is 0. The number of phenols is 1. The van der Waals surface area contributed by atoms with Crippen molar-refractivity contribution in [3.8, 4) is 17.0 Å².